The van der Waals surface area contributed by atoms with Crippen LogP contribution in [0.3, 0.4) is 0 Å². The summed E-state index contributed by atoms with van der Waals surface area (Å²) in [5, 5.41) is 3.13. The van der Waals surface area contributed by atoms with E-state index in [9.17, 15) is 17.6 Å². The highest BCUT2D eigenvalue weighted by atomic mass is 35.5. The van der Waals surface area contributed by atoms with E-state index in [0.29, 0.717) is 5.02 Å². The number of anilines is 1. The Kier molecular flexibility index (Phi) is 5.49. The van der Waals surface area contributed by atoms with E-state index >= 15 is 0 Å². The summed E-state index contributed by atoms with van der Waals surface area (Å²) in [7, 11) is -1.48. The molecule has 0 aromatic heterocycles. The third-order valence-electron chi connectivity index (χ3n) is 3.13. The average molecular weight is 391 g/mol. The number of amides is 1. The molecule has 24 heavy (non-hydrogen) atoms. The normalized spacial score (nSPS) is 11.6. The molecule has 0 bridgehead atoms. The van der Waals surface area contributed by atoms with Crippen molar-refractivity contribution in [2.75, 3.05) is 19.4 Å². The summed E-state index contributed by atoms with van der Waals surface area (Å²) >= 11 is 11.8. The van der Waals surface area contributed by atoms with Crippen LogP contribution < -0.4 is 5.32 Å². The van der Waals surface area contributed by atoms with Gasteiger partial charge in [-0.3, -0.25) is 4.79 Å². The molecule has 2 aromatic rings. The number of nitrogens with zero attached hydrogens (tertiary/aromatic N) is 1. The Morgan fingerprint density at radius 1 is 1.12 bits per heavy atom. The lowest BCUT2D eigenvalue weighted by Gasteiger charge is -2.13. The maximum Gasteiger partial charge on any atom is 0.255 e. The highest BCUT2D eigenvalue weighted by Crippen LogP contribution is 2.26. The molecule has 9 heteroatoms. The molecular weight excluding hydrogens is 378 g/mol. The van der Waals surface area contributed by atoms with Crippen LogP contribution in [0.5, 0.6) is 0 Å². The molecule has 0 aliphatic carbocycles. The Bertz CT molecular complexity index is 902. The van der Waals surface area contributed by atoms with Gasteiger partial charge in [0.25, 0.3) is 5.91 Å². The Labute approximate surface area is 149 Å². The fraction of sp³-hybridized carbons (Fsp3) is 0.133. The van der Waals surface area contributed by atoms with Gasteiger partial charge in [-0.1, -0.05) is 23.2 Å². The van der Waals surface area contributed by atoms with E-state index in [1.165, 1.54) is 32.3 Å². The predicted molar refractivity (Wildman–Crippen MR) is 91.7 cm³/mol. The summed E-state index contributed by atoms with van der Waals surface area (Å²) in [6.45, 7) is 0. The number of carbonyl (C=O) groups excluding carboxylic acids is 1. The molecule has 1 amide bonds. The Morgan fingerprint density at radius 2 is 1.79 bits per heavy atom. The average Bonchev–Trinajstić information content (AvgIpc) is 2.50. The molecule has 0 saturated carbocycles. The Morgan fingerprint density at radius 3 is 2.42 bits per heavy atom. The molecule has 1 N–H and O–H groups in total. The lowest BCUT2D eigenvalue weighted by atomic mass is 10.2. The first-order chi connectivity index (χ1) is 11.1. The van der Waals surface area contributed by atoms with Crippen molar-refractivity contribution in [3.8, 4) is 0 Å². The van der Waals surface area contributed by atoms with Gasteiger partial charge in [0.1, 0.15) is 10.7 Å². The van der Waals surface area contributed by atoms with Gasteiger partial charge in [-0.15, -0.1) is 0 Å². The zero-order valence-electron chi connectivity index (χ0n) is 12.7. The molecule has 0 saturated heterocycles. The van der Waals surface area contributed by atoms with Crippen LogP contribution in [0, 0.1) is 5.82 Å². The van der Waals surface area contributed by atoms with E-state index in [0.717, 1.165) is 16.4 Å². The topological polar surface area (TPSA) is 66.5 Å². The van der Waals surface area contributed by atoms with Crippen molar-refractivity contribution >= 4 is 44.8 Å². The summed E-state index contributed by atoms with van der Waals surface area (Å²) in [6.07, 6.45) is 0. The predicted octanol–water partition coefficient (Wildman–Crippen LogP) is 3.64. The van der Waals surface area contributed by atoms with Crippen molar-refractivity contribution in [3.05, 3.63) is 57.8 Å². The Hall–Kier alpha value is -1.67. The minimum Gasteiger partial charge on any atom is -0.321 e. The molecule has 0 unspecified atom stereocenters. The van der Waals surface area contributed by atoms with Gasteiger partial charge in [0.15, 0.2) is 0 Å². The van der Waals surface area contributed by atoms with Crippen LogP contribution in [-0.2, 0) is 10.0 Å². The molecule has 2 rings (SSSR count). The van der Waals surface area contributed by atoms with Gasteiger partial charge < -0.3 is 5.32 Å². The minimum absolute atomic E-state index is 0.0344. The van der Waals surface area contributed by atoms with Crippen LogP contribution in [0.1, 0.15) is 10.4 Å². The van der Waals surface area contributed by atoms with Crippen LogP contribution in [0.2, 0.25) is 10.0 Å². The van der Waals surface area contributed by atoms with Crippen molar-refractivity contribution < 1.29 is 17.6 Å². The molecule has 128 valence electrons. The van der Waals surface area contributed by atoms with Crippen LogP contribution in [0.25, 0.3) is 0 Å². The number of hydrogen-bond acceptors (Lipinski definition) is 3. The molecule has 0 spiro atoms. The molecule has 2 aromatic carbocycles. The first-order valence-electron chi connectivity index (χ1n) is 6.61. The van der Waals surface area contributed by atoms with Gasteiger partial charge in [0.05, 0.1) is 10.7 Å². The van der Waals surface area contributed by atoms with Crippen LogP contribution in [-0.4, -0.2) is 32.7 Å². The lowest BCUT2D eigenvalue weighted by Crippen LogP contribution is -2.24. The van der Waals surface area contributed by atoms with Gasteiger partial charge in [0.2, 0.25) is 10.0 Å². The minimum atomic E-state index is -4.02. The third-order valence-corrected chi connectivity index (χ3v) is 5.52. The lowest BCUT2D eigenvalue weighted by molar-refractivity contribution is 0.102. The first-order valence-corrected chi connectivity index (χ1v) is 8.81. The van der Waals surface area contributed by atoms with Gasteiger partial charge in [-0.05, 0) is 36.4 Å². The summed E-state index contributed by atoms with van der Waals surface area (Å²) < 4.78 is 38.9. The highest BCUT2D eigenvalue weighted by molar-refractivity contribution is 7.89. The number of nitrogens with one attached hydrogen (secondary N) is 1. The number of sulfonamides is 1. The van der Waals surface area contributed by atoms with Crippen molar-refractivity contribution in [1.29, 1.82) is 0 Å². The van der Waals surface area contributed by atoms with E-state index < -0.39 is 26.6 Å². The van der Waals surface area contributed by atoms with Crippen molar-refractivity contribution in [2.24, 2.45) is 0 Å². The van der Waals surface area contributed by atoms with Gasteiger partial charge in [-0.2, -0.15) is 0 Å². The van der Waals surface area contributed by atoms with E-state index in [1.807, 2.05) is 0 Å². The number of carbonyl (C=O) groups is 1. The number of halogens is 3. The summed E-state index contributed by atoms with van der Waals surface area (Å²) in [6, 6.07) is 7.58. The summed E-state index contributed by atoms with van der Waals surface area (Å²) in [5.41, 5.74) is 0.225. The smallest absolute Gasteiger partial charge is 0.255 e. The second kappa shape index (κ2) is 7.06. The molecule has 0 heterocycles. The molecular formula is C15H13Cl2FN2O3S. The van der Waals surface area contributed by atoms with E-state index in [1.54, 1.807) is 6.07 Å². The summed E-state index contributed by atoms with van der Waals surface area (Å²) in [4.78, 5) is 11.7. The number of benzene rings is 2. The van der Waals surface area contributed by atoms with Crippen LogP contribution in [0.4, 0.5) is 10.1 Å². The maximum absolute atomic E-state index is 13.9. The first kappa shape index (κ1) is 18.7. The fourth-order valence-electron chi connectivity index (χ4n) is 1.83. The fourth-order valence-corrected chi connectivity index (χ4v) is 3.15. The van der Waals surface area contributed by atoms with Crippen LogP contribution >= 0.6 is 23.2 Å². The highest BCUT2D eigenvalue weighted by Gasteiger charge is 2.23. The molecule has 0 aliphatic heterocycles. The molecule has 5 nitrogen and oxygen atoms in total. The van der Waals surface area contributed by atoms with Crippen molar-refractivity contribution in [2.45, 2.75) is 4.90 Å². The van der Waals surface area contributed by atoms with Gasteiger partial charge >= 0.3 is 0 Å². The molecule has 0 radical (unpaired) electrons. The largest absolute Gasteiger partial charge is 0.321 e. The molecule has 0 fully saturated rings. The monoisotopic (exact) mass is 390 g/mol. The molecule has 0 atom stereocenters. The zero-order chi connectivity index (χ0) is 18.1. The van der Waals surface area contributed by atoms with Crippen LogP contribution in [0.15, 0.2) is 41.3 Å². The van der Waals surface area contributed by atoms with Crippen molar-refractivity contribution in [1.82, 2.24) is 4.31 Å². The number of hydrogen-bond donors (Lipinski definition) is 1. The standard InChI is InChI=1S/C15H13Cl2FN2O3S/c1-20(2)24(22,23)14-7-9(3-6-12(14)18)15(21)19-13-8-10(16)4-5-11(13)17/h3-8H,1-2H3,(H,19,21). The van der Waals surface area contributed by atoms with Crippen molar-refractivity contribution in [3.63, 3.8) is 0 Å². The second-order valence-corrected chi connectivity index (χ2v) is 7.97. The zero-order valence-corrected chi connectivity index (χ0v) is 15.0. The van der Waals surface area contributed by atoms with Gasteiger partial charge in [0, 0.05) is 24.7 Å². The SMILES string of the molecule is CN(C)S(=O)(=O)c1cc(C(=O)Nc2cc(Cl)ccc2Cl)ccc1F. The quantitative estimate of drug-likeness (QED) is 0.866. The van der Waals surface area contributed by atoms with E-state index in [-0.39, 0.29) is 16.3 Å². The van der Waals surface area contributed by atoms with E-state index in [4.69, 9.17) is 23.2 Å². The van der Waals surface area contributed by atoms with Gasteiger partial charge in [-0.25, -0.2) is 17.1 Å². The third kappa shape index (κ3) is 3.87. The summed E-state index contributed by atoms with van der Waals surface area (Å²) in [5.74, 6) is -1.59. The second-order valence-electron chi connectivity index (χ2n) is 5.01. The molecule has 0 aliphatic rings. The van der Waals surface area contributed by atoms with E-state index in [2.05, 4.69) is 5.32 Å². The Balaban J connectivity index is 2.39. The maximum atomic E-state index is 13.9. The number of rotatable bonds is 4.